The quantitative estimate of drug-likeness (QED) is 0.802. The Bertz CT molecular complexity index is 440. The average molecular weight is 199 g/mol. The molecule has 2 rings (SSSR count). The van der Waals surface area contributed by atoms with Crippen LogP contribution in [0, 0.1) is 6.92 Å². The van der Waals surface area contributed by atoms with Crippen LogP contribution in [-0.4, -0.2) is 9.97 Å². The summed E-state index contributed by atoms with van der Waals surface area (Å²) in [5.74, 6) is 0. The maximum atomic E-state index is 6.11. The highest BCUT2D eigenvalue weighted by Crippen LogP contribution is 2.19. The van der Waals surface area contributed by atoms with Gasteiger partial charge in [0.15, 0.2) is 0 Å². The first-order chi connectivity index (χ1) is 7.29. The lowest BCUT2D eigenvalue weighted by molar-refractivity contribution is 0.811. The minimum absolute atomic E-state index is 0.195. The molecule has 0 spiro atoms. The van der Waals surface area contributed by atoms with Gasteiger partial charge in [-0.15, -0.1) is 0 Å². The molecule has 0 fully saturated rings. The summed E-state index contributed by atoms with van der Waals surface area (Å²) in [6.45, 7) is 2.05. The van der Waals surface area contributed by atoms with E-state index in [2.05, 4.69) is 9.97 Å². The fraction of sp³-hybridized carbons (Fsp3) is 0.167. The lowest BCUT2D eigenvalue weighted by Crippen LogP contribution is -2.14. The van der Waals surface area contributed by atoms with Crippen LogP contribution in [-0.2, 0) is 0 Å². The van der Waals surface area contributed by atoms with Gasteiger partial charge in [0.1, 0.15) is 0 Å². The van der Waals surface area contributed by atoms with Gasteiger partial charge in [-0.3, -0.25) is 9.97 Å². The fourth-order valence-electron chi connectivity index (χ4n) is 1.57. The van der Waals surface area contributed by atoms with Gasteiger partial charge in [0.05, 0.1) is 17.9 Å². The molecule has 76 valence electrons. The predicted octanol–water partition coefficient (Wildman–Crippen LogP) is 1.83. The third-order valence-corrected chi connectivity index (χ3v) is 2.43. The number of aryl methyl sites for hydroxylation is 1. The van der Waals surface area contributed by atoms with Gasteiger partial charge >= 0.3 is 0 Å². The molecule has 0 aliphatic carbocycles. The standard InChI is InChI=1S/C12H13N3/c1-9-4-2-3-5-10(9)12(13)11-8-14-6-7-15-11/h2-8,12H,13H2,1H3. The number of aromatic nitrogens is 2. The van der Waals surface area contributed by atoms with Crippen LogP contribution in [0.1, 0.15) is 22.9 Å². The van der Waals surface area contributed by atoms with Crippen molar-refractivity contribution in [2.45, 2.75) is 13.0 Å². The summed E-state index contributed by atoms with van der Waals surface area (Å²) in [6.07, 6.45) is 5.01. The van der Waals surface area contributed by atoms with E-state index in [-0.39, 0.29) is 6.04 Å². The minimum Gasteiger partial charge on any atom is -0.319 e. The first-order valence-electron chi connectivity index (χ1n) is 4.86. The van der Waals surface area contributed by atoms with Crippen LogP contribution in [0.2, 0.25) is 0 Å². The Balaban J connectivity index is 2.37. The van der Waals surface area contributed by atoms with E-state index >= 15 is 0 Å². The number of hydrogen-bond acceptors (Lipinski definition) is 3. The van der Waals surface area contributed by atoms with Crippen molar-refractivity contribution in [3.05, 3.63) is 59.7 Å². The highest BCUT2D eigenvalue weighted by molar-refractivity contribution is 5.32. The van der Waals surface area contributed by atoms with Gasteiger partial charge in [0.2, 0.25) is 0 Å². The van der Waals surface area contributed by atoms with Crippen LogP contribution >= 0.6 is 0 Å². The van der Waals surface area contributed by atoms with E-state index < -0.39 is 0 Å². The topological polar surface area (TPSA) is 51.8 Å². The van der Waals surface area contributed by atoms with E-state index in [1.807, 2.05) is 31.2 Å². The molecule has 1 unspecified atom stereocenters. The molecule has 0 aliphatic heterocycles. The first kappa shape index (κ1) is 9.80. The van der Waals surface area contributed by atoms with Crippen LogP contribution in [0.25, 0.3) is 0 Å². The molecule has 0 saturated carbocycles. The molecular weight excluding hydrogens is 186 g/mol. The van der Waals surface area contributed by atoms with Crippen molar-refractivity contribution in [2.24, 2.45) is 5.73 Å². The molecular formula is C12H13N3. The molecule has 1 aromatic heterocycles. The third-order valence-electron chi connectivity index (χ3n) is 2.43. The van der Waals surface area contributed by atoms with Crippen LogP contribution in [0.4, 0.5) is 0 Å². The third kappa shape index (κ3) is 2.02. The second-order valence-corrected chi connectivity index (χ2v) is 3.46. The largest absolute Gasteiger partial charge is 0.319 e. The van der Waals surface area contributed by atoms with Crippen LogP contribution in [0.15, 0.2) is 42.9 Å². The Labute approximate surface area is 89.0 Å². The number of nitrogens with zero attached hydrogens (tertiary/aromatic N) is 2. The number of nitrogens with two attached hydrogens (primary N) is 1. The van der Waals surface area contributed by atoms with Gasteiger partial charge in [0, 0.05) is 12.4 Å². The van der Waals surface area contributed by atoms with Gasteiger partial charge in [-0.05, 0) is 18.1 Å². The summed E-state index contributed by atoms with van der Waals surface area (Å²) >= 11 is 0. The number of benzene rings is 1. The van der Waals surface area contributed by atoms with Crippen LogP contribution < -0.4 is 5.73 Å². The van der Waals surface area contributed by atoms with Crippen molar-refractivity contribution >= 4 is 0 Å². The molecule has 2 N–H and O–H groups in total. The maximum absolute atomic E-state index is 6.11. The zero-order chi connectivity index (χ0) is 10.7. The zero-order valence-electron chi connectivity index (χ0n) is 8.59. The summed E-state index contributed by atoms with van der Waals surface area (Å²) < 4.78 is 0. The Kier molecular flexibility index (Phi) is 2.74. The molecule has 1 aromatic carbocycles. The molecule has 2 aromatic rings. The second kappa shape index (κ2) is 4.19. The summed E-state index contributed by atoms with van der Waals surface area (Å²) in [7, 11) is 0. The maximum Gasteiger partial charge on any atom is 0.0799 e. The van der Waals surface area contributed by atoms with Crippen molar-refractivity contribution in [3.8, 4) is 0 Å². The Morgan fingerprint density at radius 3 is 2.67 bits per heavy atom. The average Bonchev–Trinajstić information content (AvgIpc) is 2.30. The molecule has 3 heteroatoms. The first-order valence-corrected chi connectivity index (χ1v) is 4.86. The second-order valence-electron chi connectivity index (χ2n) is 3.46. The lowest BCUT2D eigenvalue weighted by atomic mass is 10.00. The molecule has 3 nitrogen and oxygen atoms in total. The van der Waals surface area contributed by atoms with E-state index in [1.165, 1.54) is 5.56 Å². The molecule has 0 radical (unpaired) electrons. The van der Waals surface area contributed by atoms with Gasteiger partial charge in [-0.2, -0.15) is 0 Å². The van der Waals surface area contributed by atoms with Crippen molar-refractivity contribution in [2.75, 3.05) is 0 Å². The molecule has 0 bridgehead atoms. The van der Waals surface area contributed by atoms with E-state index in [1.54, 1.807) is 18.6 Å². The Morgan fingerprint density at radius 1 is 1.20 bits per heavy atom. The number of rotatable bonds is 2. The molecule has 1 heterocycles. The van der Waals surface area contributed by atoms with Gasteiger partial charge in [-0.1, -0.05) is 24.3 Å². The zero-order valence-corrected chi connectivity index (χ0v) is 8.59. The summed E-state index contributed by atoms with van der Waals surface area (Å²) in [5.41, 5.74) is 9.18. The summed E-state index contributed by atoms with van der Waals surface area (Å²) in [4.78, 5) is 8.23. The van der Waals surface area contributed by atoms with Crippen molar-refractivity contribution in [1.29, 1.82) is 0 Å². The molecule has 1 atom stereocenters. The van der Waals surface area contributed by atoms with E-state index in [0.717, 1.165) is 11.3 Å². The monoisotopic (exact) mass is 199 g/mol. The van der Waals surface area contributed by atoms with Gasteiger partial charge in [-0.25, -0.2) is 0 Å². The Morgan fingerprint density at radius 2 is 2.00 bits per heavy atom. The van der Waals surface area contributed by atoms with Crippen LogP contribution in [0.3, 0.4) is 0 Å². The Hall–Kier alpha value is -1.74. The smallest absolute Gasteiger partial charge is 0.0799 e. The molecule has 0 aliphatic rings. The predicted molar refractivity (Wildman–Crippen MR) is 59.2 cm³/mol. The van der Waals surface area contributed by atoms with E-state index in [9.17, 15) is 0 Å². The van der Waals surface area contributed by atoms with Crippen molar-refractivity contribution in [3.63, 3.8) is 0 Å². The van der Waals surface area contributed by atoms with Crippen molar-refractivity contribution in [1.82, 2.24) is 9.97 Å². The van der Waals surface area contributed by atoms with E-state index in [0.29, 0.717) is 0 Å². The SMILES string of the molecule is Cc1ccccc1C(N)c1cnccn1. The van der Waals surface area contributed by atoms with Gasteiger partial charge in [0.25, 0.3) is 0 Å². The lowest BCUT2D eigenvalue weighted by Gasteiger charge is -2.13. The number of hydrogen-bond donors (Lipinski definition) is 1. The molecule has 0 amide bonds. The normalized spacial score (nSPS) is 12.4. The highest BCUT2D eigenvalue weighted by Gasteiger charge is 2.11. The van der Waals surface area contributed by atoms with Crippen LogP contribution in [0.5, 0.6) is 0 Å². The molecule has 15 heavy (non-hydrogen) atoms. The summed E-state index contributed by atoms with van der Waals surface area (Å²) in [6, 6.07) is 7.86. The minimum atomic E-state index is -0.195. The van der Waals surface area contributed by atoms with Crippen molar-refractivity contribution < 1.29 is 0 Å². The van der Waals surface area contributed by atoms with Gasteiger partial charge < -0.3 is 5.73 Å². The van der Waals surface area contributed by atoms with E-state index in [4.69, 9.17) is 5.73 Å². The fourth-order valence-corrected chi connectivity index (χ4v) is 1.57. The summed E-state index contributed by atoms with van der Waals surface area (Å²) in [5, 5.41) is 0. The molecule has 0 saturated heterocycles. The highest BCUT2D eigenvalue weighted by atomic mass is 14.8.